The average Bonchev–Trinajstić information content (AvgIpc) is 2.84. The molecule has 1 nitrogen and oxygen atoms in total. The molecule has 2 aliphatic carbocycles. The summed E-state index contributed by atoms with van der Waals surface area (Å²) in [5, 5.41) is 0. The van der Waals surface area contributed by atoms with Crippen LogP contribution in [-0.2, 0) is 4.79 Å². The van der Waals surface area contributed by atoms with Gasteiger partial charge in [0.2, 0.25) is 0 Å². The molecule has 92 valence electrons. The summed E-state index contributed by atoms with van der Waals surface area (Å²) >= 11 is 0. The lowest BCUT2D eigenvalue weighted by molar-refractivity contribution is -0.122. The van der Waals surface area contributed by atoms with Gasteiger partial charge in [-0.1, -0.05) is 51.4 Å². The van der Waals surface area contributed by atoms with Crippen molar-refractivity contribution in [2.24, 2.45) is 11.8 Å². The Hall–Kier alpha value is -0.330. The van der Waals surface area contributed by atoms with Gasteiger partial charge in [-0.25, -0.2) is 0 Å². The summed E-state index contributed by atoms with van der Waals surface area (Å²) in [6, 6.07) is 0. The highest BCUT2D eigenvalue weighted by molar-refractivity contribution is 5.81. The van der Waals surface area contributed by atoms with Gasteiger partial charge in [0.05, 0.1) is 0 Å². The van der Waals surface area contributed by atoms with E-state index in [4.69, 9.17) is 0 Å². The quantitative estimate of drug-likeness (QED) is 0.669. The van der Waals surface area contributed by atoms with Crippen molar-refractivity contribution in [3.8, 4) is 0 Å². The van der Waals surface area contributed by atoms with Crippen molar-refractivity contribution in [3.63, 3.8) is 0 Å². The molecule has 0 atom stereocenters. The van der Waals surface area contributed by atoms with Crippen molar-refractivity contribution >= 4 is 5.78 Å². The Labute approximate surface area is 100.0 Å². The summed E-state index contributed by atoms with van der Waals surface area (Å²) in [6.07, 6.45) is 15.5. The van der Waals surface area contributed by atoms with Gasteiger partial charge in [0, 0.05) is 12.3 Å². The van der Waals surface area contributed by atoms with E-state index in [1.807, 2.05) is 0 Å². The fourth-order valence-electron chi connectivity index (χ4n) is 3.49. The third kappa shape index (κ3) is 3.61. The van der Waals surface area contributed by atoms with Gasteiger partial charge < -0.3 is 0 Å². The zero-order valence-electron chi connectivity index (χ0n) is 10.5. The minimum absolute atomic E-state index is 0.450. The van der Waals surface area contributed by atoms with Crippen LogP contribution in [0.1, 0.15) is 77.0 Å². The lowest BCUT2D eigenvalue weighted by Crippen LogP contribution is -2.12. The van der Waals surface area contributed by atoms with E-state index < -0.39 is 0 Å². The second-order valence-electron chi connectivity index (χ2n) is 5.84. The Balaban J connectivity index is 1.57. The average molecular weight is 222 g/mol. The molecule has 0 N–H and O–H groups in total. The van der Waals surface area contributed by atoms with Crippen molar-refractivity contribution in [2.45, 2.75) is 77.0 Å². The summed E-state index contributed by atoms with van der Waals surface area (Å²) in [6.45, 7) is 0. The van der Waals surface area contributed by atoms with Crippen LogP contribution in [0.2, 0.25) is 0 Å². The highest BCUT2D eigenvalue weighted by Gasteiger charge is 2.22. The first-order chi connectivity index (χ1) is 7.86. The van der Waals surface area contributed by atoms with Crippen molar-refractivity contribution in [1.82, 2.24) is 0 Å². The molecule has 2 fully saturated rings. The predicted octanol–water partition coefficient (Wildman–Crippen LogP) is 4.50. The number of carbonyl (C=O) groups is 1. The van der Waals surface area contributed by atoms with Crippen LogP contribution in [0.4, 0.5) is 0 Å². The number of rotatable bonds is 5. The number of hydrogen-bond donors (Lipinski definition) is 0. The van der Waals surface area contributed by atoms with Crippen LogP contribution in [-0.4, -0.2) is 5.78 Å². The summed E-state index contributed by atoms with van der Waals surface area (Å²) in [5.74, 6) is 1.98. The summed E-state index contributed by atoms with van der Waals surface area (Å²) in [5.41, 5.74) is 0. The van der Waals surface area contributed by atoms with Crippen LogP contribution in [0.15, 0.2) is 0 Å². The van der Waals surface area contributed by atoms with Crippen molar-refractivity contribution < 1.29 is 4.79 Å². The second kappa shape index (κ2) is 6.42. The van der Waals surface area contributed by atoms with Gasteiger partial charge >= 0.3 is 0 Å². The SMILES string of the molecule is O=C(CCCC1CCCCC1)C1CCCC1. The minimum atomic E-state index is 0.450. The third-order valence-corrected chi connectivity index (χ3v) is 4.57. The second-order valence-corrected chi connectivity index (χ2v) is 5.84. The molecule has 2 aliphatic rings. The van der Waals surface area contributed by atoms with Gasteiger partial charge in [0.25, 0.3) is 0 Å². The molecule has 0 unspecified atom stereocenters. The van der Waals surface area contributed by atoms with Crippen LogP contribution in [0.3, 0.4) is 0 Å². The molecule has 0 heterocycles. The number of carbonyl (C=O) groups excluding carboxylic acids is 1. The summed E-state index contributed by atoms with van der Waals surface area (Å²) in [7, 11) is 0. The van der Waals surface area contributed by atoms with E-state index in [0.717, 1.165) is 12.3 Å². The molecule has 0 saturated heterocycles. The molecular weight excluding hydrogens is 196 g/mol. The Kier molecular flexibility index (Phi) is 4.87. The van der Waals surface area contributed by atoms with Gasteiger partial charge in [-0.15, -0.1) is 0 Å². The Bertz CT molecular complexity index is 209. The lowest BCUT2D eigenvalue weighted by Gasteiger charge is -2.21. The maximum atomic E-state index is 11.9. The van der Waals surface area contributed by atoms with Crippen LogP contribution in [0, 0.1) is 11.8 Å². The first-order valence-electron chi connectivity index (χ1n) is 7.39. The van der Waals surface area contributed by atoms with Crippen LogP contribution in [0.25, 0.3) is 0 Å². The molecule has 0 bridgehead atoms. The zero-order valence-corrected chi connectivity index (χ0v) is 10.5. The molecule has 0 radical (unpaired) electrons. The van der Waals surface area contributed by atoms with Crippen LogP contribution < -0.4 is 0 Å². The number of hydrogen-bond acceptors (Lipinski definition) is 1. The van der Waals surface area contributed by atoms with Crippen LogP contribution >= 0.6 is 0 Å². The largest absolute Gasteiger partial charge is 0.299 e. The van der Waals surface area contributed by atoms with Gasteiger partial charge in [-0.2, -0.15) is 0 Å². The molecule has 0 aliphatic heterocycles. The molecule has 0 aromatic heterocycles. The molecule has 0 spiro atoms. The van der Waals surface area contributed by atoms with Crippen molar-refractivity contribution in [1.29, 1.82) is 0 Å². The Morgan fingerprint density at radius 3 is 2.19 bits per heavy atom. The predicted molar refractivity (Wildman–Crippen MR) is 67.4 cm³/mol. The molecule has 2 rings (SSSR count). The standard InChI is InChI=1S/C15H26O/c16-15(14-10-4-5-11-14)12-6-9-13-7-2-1-3-8-13/h13-14H,1-12H2. The number of ketones is 1. The first-order valence-corrected chi connectivity index (χ1v) is 7.39. The Morgan fingerprint density at radius 1 is 0.875 bits per heavy atom. The van der Waals surface area contributed by atoms with E-state index >= 15 is 0 Å². The third-order valence-electron chi connectivity index (χ3n) is 4.57. The van der Waals surface area contributed by atoms with Crippen LogP contribution in [0.5, 0.6) is 0 Å². The summed E-state index contributed by atoms with van der Waals surface area (Å²) < 4.78 is 0. The van der Waals surface area contributed by atoms with E-state index in [9.17, 15) is 4.79 Å². The van der Waals surface area contributed by atoms with E-state index in [1.165, 1.54) is 70.6 Å². The maximum Gasteiger partial charge on any atom is 0.135 e. The molecular formula is C15H26O. The molecule has 0 aromatic rings. The maximum absolute atomic E-state index is 11.9. The summed E-state index contributed by atoms with van der Waals surface area (Å²) in [4.78, 5) is 11.9. The lowest BCUT2D eigenvalue weighted by atomic mass is 9.85. The van der Waals surface area contributed by atoms with Crippen molar-refractivity contribution in [2.75, 3.05) is 0 Å². The fraction of sp³-hybridized carbons (Fsp3) is 0.933. The molecule has 1 heteroatoms. The first kappa shape index (κ1) is 12.1. The van der Waals surface area contributed by atoms with E-state index in [1.54, 1.807) is 0 Å². The minimum Gasteiger partial charge on any atom is -0.299 e. The normalized spacial score (nSPS) is 23.8. The van der Waals surface area contributed by atoms with E-state index in [-0.39, 0.29) is 0 Å². The van der Waals surface area contributed by atoms with E-state index in [0.29, 0.717) is 11.7 Å². The fourth-order valence-corrected chi connectivity index (χ4v) is 3.49. The molecule has 2 saturated carbocycles. The Morgan fingerprint density at radius 2 is 1.50 bits per heavy atom. The highest BCUT2D eigenvalue weighted by Crippen LogP contribution is 2.30. The van der Waals surface area contributed by atoms with Gasteiger partial charge in [-0.3, -0.25) is 4.79 Å². The molecule has 0 aromatic carbocycles. The highest BCUT2D eigenvalue weighted by atomic mass is 16.1. The molecule has 0 amide bonds. The zero-order chi connectivity index (χ0) is 11.2. The van der Waals surface area contributed by atoms with E-state index in [2.05, 4.69) is 0 Å². The van der Waals surface area contributed by atoms with Gasteiger partial charge in [0.1, 0.15) is 5.78 Å². The van der Waals surface area contributed by atoms with Gasteiger partial charge in [-0.05, 0) is 25.2 Å². The molecule has 16 heavy (non-hydrogen) atoms. The smallest absolute Gasteiger partial charge is 0.135 e. The number of Topliss-reactive ketones (excluding diaryl/α,β-unsaturated/α-hetero) is 1. The van der Waals surface area contributed by atoms with Gasteiger partial charge in [0.15, 0.2) is 0 Å². The monoisotopic (exact) mass is 222 g/mol. The van der Waals surface area contributed by atoms with Crippen molar-refractivity contribution in [3.05, 3.63) is 0 Å². The topological polar surface area (TPSA) is 17.1 Å².